The average Bonchev–Trinajstić information content (AvgIpc) is 2.69. The van der Waals surface area contributed by atoms with Gasteiger partial charge in [0.2, 0.25) is 0 Å². The monoisotopic (exact) mass is 268 g/mol. The Morgan fingerprint density at radius 2 is 2.16 bits per heavy atom. The first-order chi connectivity index (χ1) is 8.91. The summed E-state index contributed by atoms with van der Waals surface area (Å²) in [6, 6.07) is 0. The van der Waals surface area contributed by atoms with Crippen molar-refractivity contribution >= 4 is 11.6 Å². The van der Waals surface area contributed by atoms with Crippen LogP contribution in [0.3, 0.4) is 0 Å². The van der Waals surface area contributed by atoms with E-state index < -0.39 is 5.60 Å². The molecule has 1 aromatic rings. The number of amides is 1. The first-order valence-corrected chi connectivity index (χ1v) is 6.66. The van der Waals surface area contributed by atoms with E-state index in [0.29, 0.717) is 18.8 Å². The Labute approximate surface area is 114 Å². The lowest BCUT2D eigenvalue weighted by atomic mass is 10.1. The molecular formula is C13H24N4O2. The molecular weight excluding hydrogens is 244 g/mol. The Morgan fingerprint density at radius 3 is 2.74 bits per heavy atom. The molecule has 0 atom stereocenters. The molecule has 0 unspecified atom stereocenters. The summed E-state index contributed by atoms with van der Waals surface area (Å²) in [5.41, 5.74) is 7.02. The van der Waals surface area contributed by atoms with Gasteiger partial charge in [-0.1, -0.05) is 13.3 Å². The summed E-state index contributed by atoms with van der Waals surface area (Å²) in [6.07, 6.45) is 1.74. The van der Waals surface area contributed by atoms with E-state index in [9.17, 15) is 4.79 Å². The molecule has 0 fully saturated rings. The Kier molecular flexibility index (Phi) is 5.35. The second-order valence-electron chi connectivity index (χ2n) is 5.09. The van der Waals surface area contributed by atoms with Crippen molar-refractivity contribution in [3.05, 3.63) is 11.4 Å². The third-order valence-corrected chi connectivity index (χ3v) is 2.81. The molecule has 0 aliphatic rings. The van der Waals surface area contributed by atoms with Crippen molar-refractivity contribution in [2.75, 3.05) is 18.9 Å². The molecule has 0 saturated carbocycles. The van der Waals surface area contributed by atoms with Gasteiger partial charge in [0.25, 0.3) is 5.91 Å². The number of nitrogens with zero attached hydrogens (tertiary/aromatic N) is 1. The van der Waals surface area contributed by atoms with E-state index in [4.69, 9.17) is 10.5 Å². The van der Waals surface area contributed by atoms with Crippen LogP contribution in [0.2, 0.25) is 0 Å². The minimum atomic E-state index is -0.401. The summed E-state index contributed by atoms with van der Waals surface area (Å²) in [4.78, 5) is 12.0. The Balaban J connectivity index is 2.64. The number of rotatable bonds is 7. The summed E-state index contributed by atoms with van der Waals surface area (Å²) < 4.78 is 5.52. The fraction of sp³-hybridized carbons (Fsp3) is 0.692. The second-order valence-corrected chi connectivity index (χ2v) is 5.09. The molecule has 1 amide bonds. The van der Waals surface area contributed by atoms with Crippen LogP contribution in [-0.2, 0) is 11.2 Å². The molecule has 0 saturated heterocycles. The van der Waals surface area contributed by atoms with Crippen LogP contribution in [0, 0.1) is 0 Å². The van der Waals surface area contributed by atoms with Crippen molar-refractivity contribution in [2.24, 2.45) is 0 Å². The number of nitrogen functional groups attached to an aromatic ring is 1. The lowest BCUT2D eigenvalue weighted by Crippen LogP contribution is -2.40. The Bertz CT molecular complexity index is 426. The Morgan fingerprint density at radius 1 is 1.47 bits per heavy atom. The summed E-state index contributed by atoms with van der Waals surface area (Å²) in [5, 5.41) is 9.58. The van der Waals surface area contributed by atoms with Crippen molar-refractivity contribution in [3.8, 4) is 0 Å². The average molecular weight is 268 g/mol. The molecule has 0 bridgehead atoms. The molecule has 6 heteroatoms. The zero-order chi connectivity index (χ0) is 14.5. The molecule has 0 aliphatic carbocycles. The van der Waals surface area contributed by atoms with Gasteiger partial charge in [-0.15, -0.1) is 0 Å². The third kappa shape index (κ3) is 4.24. The van der Waals surface area contributed by atoms with Gasteiger partial charge in [-0.2, -0.15) is 5.10 Å². The van der Waals surface area contributed by atoms with E-state index in [2.05, 4.69) is 15.5 Å². The number of carbonyl (C=O) groups excluding carboxylic acids is 1. The number of ether oxygens (including phenoxy) is 1. The fourth-order valence-corrected chi connectivity index (χ4v) is 1.82. The highest BCUT2D eigenvalue weighted by Crippen LogP contribution is 2.16. The van der Waals surface area contributed by atoms with E-state index in [0.717, 1.165) is 18.5 Å². The molecule has 4 N–H and O–H groups in total. The number of carbonyl (C=O) groups is 1. The molecule has 0 aliphatic heterocycles. The van der Waals surface area contributed by atoms with Crippen LogP contribution >= 0.6 is 0 Å². The van der Waals surface area contributed by atoms with E-state index in [-0.39, 0.29) is 11.6 Å². The van der Waals surface area contributed by atoms with Crippen LogP contribution in [-0.4, -0.2) is 34.9 Å². The molecule has 108 valence electrons. The van der Waals surface area contributed by atoms with Crippen molar-refractivity contribution < 1.29 is 9.53 Å². The number of aromatic nitrogens is 2. The van der Waals surface area contributed by atoms with Gasteiger partial charge < -0.3 is 15.8 Å². The van der Waals surface area contributed by atoms with Gasteiger partial charge in [0, 0.05) is 13.2 Å². The predicted octanol–water partition coefficient (Wildman–Crippen LogP) is 1.49. The highest BCUT2D eigenvalue weighted by atomic mass is 16.5. The first-order valence-electron chi connectivity index (χ1n) is 6.66. The maximum Gasteiger partial charge on any atom is 0.274 e. The number of nitrogens with two attached hydrogens (primary N) is 1. The van der Waals surface area contributed by atoms with Crippen molar-refractivity contribution in [1.29, 1.82) is 0 Å². The van der Waals surface area contributed by atoms with E-state index in [1.807, 2.05) is 27.7 Å². The minimum absolute atomic E-state index is 0.260. The first kappa shape index (κ1) is 15.5. The molecule has 1 aromatic heterocycles. The number of H-pyrrole nitrogens is 1. The normalized spacial score (nSPS) is 11.6. The van der Waals surface area contributed by atoms with Gasteiger partial charge in [-0.05, 0) is 27.2 Å². The SMILES string of the molecule is CCCc1[nH]nc(C(=O)NCC(C)(C)OCC)c1N. The maximum absolute atomic E-state index is 12.0. The largest absolute Gasteiger partial charge is 0.395 e. The third-order valence-electron chi connectivity index (χ3n) is 2.81. The highest BCUT2D eigenvalue weighted by molar-refractivity contribution is 5.97. The van der Waals surface area contributed by atoms with E-state index >= 15 is 0 Å². The quantitative estimate of drug-likeness (QED) is 0.698. The number of nitrogens with one attached hydrogen (secondary N) is 2. The molecule has 1 heterocycles. The second kappa shape index (κ2) is 6.56. The number of aromatic amines is 1. The number of aryl methyl sites for hydroxylation is 1. The van der Waals surface area contributed by atoms with Gasteiger partial charge >= 0.3 is 0 Å². The van der Waals surface area contributed by atoms with E-state index in [1.54, 1.807) is 0 Å². The van der Waals surface area contributed by atoms with Gasteiger partial charge in [-0.25, -0.2) is 0 Å². The van der Waals surface area contributed by atoms with Gasteiger partial charge in [0.1, 0.15) is 0 Å². The lowest BCUT2D eigenvalue weighted by Gasteiger charge is -2.24. The topological polar surface area (TPSA) is 93.0 Å². The standard InChI is InChI=1S/C13H24N4O2/c1-5-7-9-10(14)11(17-16-9)12(18)15-8-13(3,4)19-6-2/h5-8,14H2,1-4H3,(H,15,18)(H,16,17). The number of anilines is 1. The summed E-state index contributed by atoms with van der Waals surface area (Å²) in [7, 11) is 0. The van der Waals surface area contributed by atoms with Crippen molar-refractivity contribution in [2.45, 2.75) is 46.1 Å². The van der Waals surface area contributed by atoms with Crippen LogP contribution in [0.1, 0.15) is 50.3 Å². The molecule has 0 spiro atoms. The number of hydrogen-bond donors (Lipinski definition) is 3. The van der Waals surface area contributed by atoms with Crippen LogP contribution in [0.15, 0.2) is 0 Å². The molecule has 0 radical (unpaired) electrons. The van der Waals surface area contributed by atoms with Crippen molar-refractivity contribution in [1.82, 2.24) is 15.5 Å². The van der Waals surface area contributed by atoms with Crippen LogP contribution < -0.4 is 11.1 Å². The Hall–Kier alpha value is -1.56. The van der Waals surface area contributed by atoms with Gasteiger partial charge in [0.15, 0.2) is 5.69 Å². The van der Waals surface area contributed by atoms with Gasteiger partial charge in [0.05, 0.1) is 17.0 Å². The summed E-state index contributed by atoms with van der Waals surface area (Å²) in [6.45, 7) is 8.83. The smallest absolute Gasteiger partial charge is 0.274 e. The van der Waals surface area contributed by atoms with Crippen LogP contribution in [0.25, 0.3) is 0 Å². The lowest BCUT2D eigenvalue weighted by molar-refractivity contribution is -0.00818. The van der Waals surface area contributed by atoms with Gasteiger partial charge in [-0.3, -0.25) is 9.89 Å². The summed E-state index contributed by atoms with van der Waals surface area (Å²) in [5.74, 6) is -0.274. The number of hydrogen-bond acceptors (Lipinski definition) is 4. The van der Waals surface area contributed by atoms with E-state index in [1.165, 1.54) is 0 Å². The zero-order valence-electron chi connectivity index (χ0n) is 12.2. The molecule has 1 rings (SSSR count). The fourth-order valence-electron chi connectivity index (χ4n) is 1.82. The summed E-state index contributed by atoms with van der Waals surface area (Å²) >= 11 is 0. The maximum atomic E-state index is 12.0. The van der Waals surface area contributed by atoms with Crippen LogP contribution in [0.4, 0.5) is 5.69 Å². The minimum Gasteiger partial charge on any atom is -0.395 e. The van der Waals surface area contributed by atoms with Crippen molar-refractivity contribution in [3.63, 3.8) is 0 Å². The van der Waals surface area contributed by atoms with Crippen LogP contribution in [0.5, 0.6) is 0 Å². The zero-order valence-corrected chi connectivity index (χ0v) is 12.2. The molecule has 6 nitrogen and oxygen atoms in total. The predicted molar refractivity (Wildman–Crippen MR) is 75.0 cm³/mol. The highest BCUT2D eigenvalue weighted by Gasteiger charge is 2.22. The molecule has 19 heavy (non-hydrogen) atoms. The molecule has 0 aromatic carbocycles.